The van der Waals surface area contributed by atoms with E-state index in [0.29, 0.717) is 0 Å². The van der Waals surface area contributed by atoms with E-state index < -0.39 is 0 Å². The fourth-order valence-corrected chi connectivity index (χ4v) is 2.64. The molecule has 0 atom stereocenters. The Labute approximate surface area is 127 Å². The van der Waals surface area contributed by atoms with Gasteiger partial charge in [-0.15, -0.1) is 0 Å². The number of benzene rings is 1. The first-order valence-electron chi connectivity index (χ1n) is 6.22. The summed E-state index contributed by atoms with van der Waals surface area (Å²) in [4.78, 5) is 6.30. The molecule has 0 saturated heterocycles. The molecule has 2 rings (SSSR count). The second-order valence-corrected chi connectivity index (χ2v) is 5.26. The van der Waals surface area contributed by atoms with Crippen molar-refractivity contribution in [1.29, 1.82) is 0 Å². The average Bonchev–Trinajstić information content (AvgIpc) is 2.46. The fourth-order valence-electron chi connectivity index (χ4n) is 1.97. The van der Waals surface area contributed by atoms with Crippen LogP contribution in [-0.2, 0) is 11.9 Å². The first-order chi connectivity index (χ1) is 9.24. The maximum atomic E-state index is 6.37. The predicted molar refractivity (Wildman–Crippen MR) is 85.0 cm³/mol. The Kier molecular flexibility index (Phi) is 5.23. The van der Waals surface area contributed by atoms with Crippen LogP contribution in [0.5, 0.6) is 0 Å². The average molecular weight is 340 g/mol. The van der Waals surface area contributed by atoms with E-state index in [0.717, 1.165) is 29.1 Å². The molecule has 2 aromatic rings. The summed E-state index contributed by atoms with van der Waals surface area (Å²) in [5.41, 5.74) is 3.50. The minimum Gasteiger partial charge on any atom is -0.366 e. The van der Waals surface area contributed by atoms with Crippen LogP contribution >= 0.6 is 27.5 Å². The minimum absolute atomic E-state index is 0.799. The Bertz CT molecular complexity index is 531. The second-order valence-electron chi connectivity index (χ2n) is 4.29. The highest BCUT2D eigenvalue weighted by atomic mass is 79.9. The van der Waals surface area contributed by atoms with Crippen molar-refractivity contribution in [2.45, 2.75) is 18.8 Å². The monoisotopic (exact) mass is 338 g/mol. The van der Waals surface area contributed by atoms with Crippen LogP contribution in [0.15, 0.2) is 42.7 Å². The normalized spacial score (nSPS) is 10.5. The number of alkyl halides is 1. The van der Waals surface area contributed by atoms with Crippen molar-refractivity contribution < 1.29 is 0 Å². The number of pyridine rings is 1. The zero-order chi connectivity index (χ0) is 13.7. The van der Waals surface area contributed by atoms with Crippen molar-refractivity contribution in [3.63, 3.8) is 0 Å². The number of halogens is 2. The zero-order valence-electron chi connectivity index (χ0n) is 10.8. The van der Waals surface area contributed by atoms with Crippen molar-refractivity contribution in [2.75, 3.05) is 11.4 Å². The summed E-state index contributed by atoms with van der Waals surface area (Å²) in [6, 6.07) is 10.3. The molecule has 0 bridgehead atoms. The molecule has 4 heteroatoms. The topological polar surface area (TPSA) is 16.1 Å². The van der Waals surface area contributed by atoms with E-state index in [-0.39, 0.29) is 0 Å². The molecule has 0 radical (unpaired) electrons. The third kappa shape index (κ3) is 3.71. The maximum Gasteiger partial charge on any atom is 0.0642 e. The van der Waals surface area contributed by atoms with E-state index in [1.54, 1.807) is 0 Å². The third-order valence-electron chi connectivity index (χ3n) is 3.01. The molecule has 0 aliphatic rings. The van der Waals surface area contributed by atoms with Gasteiger partial charge in [0.25, 0.3) is 0 Å². The third-order valence-corrected chi connectivity index (χ3v) is 3.96. The molecule has 2 nitrogen and oxygen atoms in total. The smallest absolute Gasteiger partial charge is 0.0642 e. The van der Waals surface area contributed by atoms with E-state index in [2.05, 4.69) is 44.9 Å². The van der Waals surface area contributed by atoms with Crippen LogP contribution in [0, 0.1) is 0 Å². The van der Waals surface area contributed by atoms with Crippen molar-refractivity contribution >= 4 is 33.2 Å². The number of rotatable bonds is 5. The number of hydrogen-bond donors (Lipinski definition) is 0. The van der Waals surface area contributed by atoms with Gasteiger partial charge in [0.1, 0.15) is 0 Å². The molecule has 0 aliphatic carbocycles. The van der Waals surface area contributed by atoms with Gasteiger partial charge >= 0.3 is 0 Å². The fraction of sp³-hybridized carbons (Fsp3) is 0.267. The van der Waals surface area contributed by atoms with Crippen molar-refractivity contribution in [3.05, 3.63) is 58.9 Å². The van der Waals surface area contributed by atoms with Gasteiger partial charge in [0.05, 0.1) is 10.7 Å². The highest BCUT2D eigenvalue weighted by molar-refractivity contribution is 9.08. The highest BCUT2D eigenvalue weighted by Crippen LogP contribution is 2.28. The van der Waals surface area contributed by atoms with Gasteiger partial charge in [-0.2, -0.15) is 0 Å². The van der Waals surface area contributed by atoms with Crippen LogP contribution in [0.2, 0.25) is 5.02 Å². The van der Waals surface area contributed by atoms with Gasteiger partial charge in [-0.3, -0.25) is 4.98 Å². The molecule has 100 valence electrons. The molecule has 19 heavy (non-hydrogen) atoms. The SMILES string of the molecule is CCN(Cc1ccncc1)c1ccc(CBr)cc1Cl. The van der Waals surface area contributed by atoms with Crippen LogP contribution in [-0.4, -0.2) is 11.5 Å². The Morgan fingerprint density at radius 3 is 2.47 bits per heavy atom. The Morgan fingerprint density at radius 2 is 1.89 bits per heavy atom. The van der Waals surface area contributed by atoms with Crippen molar-refractivity contribution in [2.24, 2.45) is 0 Å². The zero-order valence-corrected chi connectivity index (χ0v) is 13.2. The van der Waals surface area contributed by atoms with E-state index in [4.69, 9.17) is 11.6 Å². The highest BCUT2D eigenvalue weighted by Gasteiger charge is 2.09. The lowest BCUT2D eigenvalue weighted by molar-refractivity contribution is 0.830. The lowest BCUT2D eigenvalue weighted by Gasteiger charge is -2.24. The van der Waals surface area contributed by atoms with E-state index in [9.17, 15) is 0 Å². The van der Waals surface area contributed by atoms with Gasteiger partial charge in [0.15, 0.2) is 0 Å². The summed E-state index contributed by atoms with van der Waals surface area (Å²) in [5.74, 6) is 0. The summed E-state index contributed by atoms with van der Waals surface area (Å²) < 4.78 is 0. The van der Waals surface area contributed by atoms with Gasteiger partial charge in [-0.1, -0.05) is 33.6 Å². The largest absolute Gasteiger partial charge is 0.366 e. The van der Waals surface area contributed by atoms with Crippen LogP contribution in [0.25, 0.3) is 0 Å². The predicted octanol–water partition coefficient (Wildman–Crippen LogP) is 4.66. The first-order valence-corrected chi connectivity index (χ1v) is 7.72. The van der Waals surface area contributed by atoms with Gasteiger partial charge in [0.2, 0.25) is 0 Å². The molecule has 0 amide bonds. The first kappa shape index (κ1) is 14.4. The summed E-state index contributed by atoms with van der Waals surface area (Å²) >= 11 is 9.82. The molecule has 0 spiro atoms. The second kappa shape index (κ2) is 6.92. The van der Waals surface area contributed by atoms with Gasteiger partial charge in [0, 0.05) is 30.8 Å². The summed E-state index contributed by atoms with van der Waals surface area (Å²) in [6.45, 7) is 3.89. The molecule has 0 aliphatic heterocycles. The molecular weight excluding hydrogens is 324 g/mol. The van der Waals surface area contributed by atoms with Crippen molar-refractivity contribution in [1.82, 2.24) is 4.98 Å². The summed E-state index contributed by atoms with van der Waals surface area (Å²) in [7, 11) is 0. The van der Waals surface area contributed by atoms with Gasteiger partial charge in [-0.05, 0) is 42.3 Å². The molecule has 1 aromatic carbocycles. The lowest BCUT2D eigenvalue weighted by Crippen LogP contribution is -2.22. The van der Waals surface area contributed by atoms with Gasteiger partial charge in [-0.25, -0.2) is 0 Å². The van der Waals surface area contributed by atoms with Crippen LogP contribution in [0.3, 0.4) is 0 Å². The number of aromatic nitrogens is 1. The Morgan fingerprint density at radius 1 is 1.16 bits per heavy atom. The molecule has 1 aromatic heterocycles. The molecular formula is C15H16BrClN2. The standard InChI is InChI=1S/C15H16BrClN2/c1-2-19(11-12-5-7-18-8-6-12)15-4-3-13(10-16)9-14(15)17/h3-9H,2,10-11H2,1H3. The van der Waals surface area contributed by atoms with E-state index in [1.807, 2.05) is 30.6 Å². The van der Waals surface area contributed by atoms with Crippen LogP contribution in [0.4, 0.5) is 5.69 Å². The quantitative estimate of drug-likeness (QED) is 0.737. The molecule has 0 saturated carbocycles. The van der Waals surface area contributed by atoms with E-state index >= 15 is 0 Å². The number of hydrogen-bond acceptors (Lipinski definition) is 2. The van der Waals surface area contributed by atoms with Gasteiger partial charge < -0.3 is 4.90 Å². The minimum atomic E-state index is 0.799. The lowest BCUT2D eigenvalue weighted by atomic mass is 10.2. The van der Waals surface area contributed by atoms with Crippen LogP contribution < -0.4 is 4.90 Å². The van der Waals surface area contributed by atoms with E-state index in [1.165, 1.54) is 11.1 Å². The van der Waals surface area contributed by atoms with Crippen LogP contribution in [0.1, 0.15) is 18.1 Å². The maximum absolute atomic E-state index is 6.37. The van der Waals surface area contributed by atoms with Crippen molar-refractivity contribution in [3.8, 4) is 0 Å². The molecule has 0 unspecified atom stereocenters. The Balaban J connectivity index is 2.22. The molecule has 0 N–H and O–H groups in total. The number of anilines is 1. The summed E-state index contributed by atoms with van der Waals surface area (Å²) in [6.07, 6.45) is 3.64. The summed E-state index contributed by atoms with van der Waals surface area (Å²) in [5, 5.41) is 1.62. The molecule has 1 heterocycles. The molecule has 0 fully saturated rings. The Hall–Kier alpha value is -1.06. The number of nitrogens with zero attached hydrogens (tertiary/aromatic N) is 2.